The van der Waals surface area contributed by atoms with E-state index in [1.54, 1.807) is 12.1 Å². The summed E-state index contributed by atoms with van der Waals surface area (Å²) < 4.78 is 14.1. The lowest BCUT2D eigenvalue weighted by Crippen LogP contribution is -2.20. The van der Waals surface area contributed by atoms with Crippen LogP contribution in [-0.2, 0) is 6.42 Å². The Balaban J connectivity index is 2.17. The van der Waals surface area contributed by atoms with Gasteiger partial charge in [-0.05, 0) is 49.4 Å². The molecule has 16 heavy (non-hydrogen) atoms. The largest absolute Gasteiger partial charge is 0.324 e. The van der Waals surface area contributed by atoms with Gasteiger partial charge in [-0.15, -0.1) is 0 Å². The van der Waals surface area contributed by atoms with Crippen LogP contribution in [0.3, 0.4) is 0 Å². The third-order valence-electron chi connectivity index (χ3n) is 2.91. The molecule has 0 saturated carbocycles. The number of benzene rings is 1. The lowest BCUT2D eigenvalue weighted by molar-refractivity contribution is 0.612. The van der Waals surface area contributed by atoms with Gasteiger partial charge < -0.3 is 5.73 Å². The summed E-state index contributed by atoms with van der Waals surface area (Å²) in [5, 5.41) is 0. The monoisotopic (exact) mass is 283 g/mol. The molecule has 0 fully saturated rings. The molecular weight excluding hydrogens is 269 g/mol. The number of hydrogen-bond acceptors (Lipinski definition) is 1. The lowest BCUT2D eigenvalue weighted by Gasteiger charge is -2.18. The molecule has 0 aromatic heterocycles. The van der Waals surface area contributed by atoms with E-state index in [2.05, 4.69) is 22.0 Å². The first kappa shape index (κ1) is 11.8. The SMILES string of the molecule is NC1C=C(Cc2cc(F)ccc2Br)CCC1. The van der Waals surface area contributed by atoms with E-state index in [1.165, 1.54) is 11.6 Å². The second kappa shape index (κ2) is 5.11. The lowest BCUT2D eigenvalue weighted by atomic mass is 9.92. The Hall–Kier alpha value is -0.670. The molecule has 0 amide bonds. The molecule has 1 aliphatic rings. The van der Waals surface area contributed by atoms with E-state index in [0.29, 0.717) is 0 Å². The molecule has 1 unspecified atom stereocenters. The Bertz CT molecular complexity index is 414. The molecule has 1 aliphatic carbocycles. The zero-order valence-electron chi connectivity index (χ0n) is 9.05. The summed E-state index contributed by atoms with van der Waals surface area (Å²) in [6.07, 6.45) is 6.21. The standard InChI is InChI=1S/C13H15BrFN/c14-13-5-4-11(15)8-10(13)6-9-2-1-3-12(16)7-9/h4-5,7-8,12H,1-3,6,16H2. The molecule has 2 rings (SSSR count). The van der Waals surface area contributed by atoms with Crippen molar-refractivity contribution in [3.05, 3.63) is 45.7 Å². The first-order valence-electron chi connectivity index (χ1n) is 5.54. The van der Waals surface area contributed by atoms with Crippen LogP contribution in [0.1, 0.15) is 24.8 Å². The molecule has 0 saturated heterocycles. The first-order chi connectivity index (χ1) is 7.65. The summed E-state index contributed by atoms with van der Waals surface area (Å²) >= 11 is 3.45. The van der Waals surface area contributed by atoms with Crippen molar-refractivity contribution in [3.8, 4) is 0 Å². The third-order valence-corrected chi connectivity index (χ3v) is 3.68. The highest BCUT2D eigenvalue weighted by Gasteiger charge is 2.11. The van der Waals surface area contributed by atoms with Crippen molar-refractivity contribution in [2.24, 2.45) is 5.73 Å². The molecule has 0 aliphatic heterocycles. The molecule has 86 valence electrons. The van der Waals surface area contributed by atoms with Crippen LogP contribution in [0.4, 0.5) is 4.39 Å². The molecule has 1 aromatic carbocycles. The minimum Gasteiger partial charge on any atom is -0.324 e. The number of hydrogen-bond donors (Lipinski definition) is 1. The predicted octanol–water partition coefficient (Wildman–Crippen LogP) is 3.57. The Kier molecular flexibility index (Phi) is 3.77. The maximum absolute atomic E-state index is 13.1. The van der Waals surface area contributed by atoms with E-state index < -0.39 is 0 Å². The van der Waals surface area contributed by atoms with Crippen LogP contribution in [0, 0.1) is 5.82 Å². The van der Waals surface area contributed by atoms with Crippen molar-refractivity contribution >= 4 is 15.9 Å². The Morgan fingerprint density at radius 2 is 2.25 bits per heavy atom. The van der Waals surface area contributed by atoms with Gasteiger partial charge in [0.2, 0.25) is 0 Å². The normalized spacial score (nSPS) is 20.7. The third kappa shape index (κ3) is 2.92. The van der Waals surface area contributed by atoms with Crippen molar-refractivity contribution in [3.63, 3.8) is 0 Å². The quantitative estimate of drug-likeness (QED) is 0.825. The van der Waals surface area contributed by atoms with E-state index in [0.717, 1.165) is 35.7 Å². The molecule has 1 aromatic rings. The summed E-state index contributed by atoms with van der Waals surface area (Å²) in [5.41, 5.74) is 8.21. The molecule has 2 N–H and O–H groups in total. The van der Waals surface area contributed by atoms with Gasteiger partial charge in [0, 0.05) is 10.5 Å². The minimum absolute atomic E-state index is 0.177. The first-order valence-corrected chi connectivity index (χ1v) is 6.33. The Morgan fingerprint density at radius 1 is 1.44 bits per heavy atom. The van der Waals surface area contributed by atoms with E-state index >= 15 is 0 Å². The predicted molar refractivity (Wildman–Crippen MR) is 67.7 cm³/mol. The maximum Gasteiger partial charge on any atom is 0.123 e. The second-order valence-corrected chi connectivity index (χ2v) is 5.15. The van der Waals surface area contributed by atoms with Crippen molar-refractivity contribution in [1.82, 2.24) is 0 Å². The number of allylic oxidation sites excluding steroid dienone is 1. The Labute approximate surface area is 104 Å². The minimum atomic E-state index is -0.182. The van der Waals surface area contributed by atoms with Gasteiger partial charge in [0.25, 0.3) is 0 Å². The zero-order chi connectivity index (χ0) is 11.5. The molecule has 3 heteroatoms. The van der Waals surface area contributed by atoms with Crippen molar-refractivity contribution in [2.75, 3.05) is 0 Å². The van der Waals surface area contributed by atoms with E-state index in [4.69, 9.17) is 5.73 Å². The summed E-state index contributed by atoms with van der Waals surface area (Å²) in [4.78, 5) is 0. The maximum atomic E-state index is 13.1. The van der Waals surface area contributed by atoms with Gasteiger partial charge in [0.05, 0.1) is 0 Å². The molecule has 0 bridgehead atoms. The van der Waals surface area contributed by atoms with Gasteiger partial charge in [0.1, 0.15) is 5.82 Å². The average molecular weight is 284 g/mol. The van der Waals surface area contributed by atoms with Gasteiger partial charge in [-0.25, -0.2) is 4.39 Å². The van der Waals surface area contributed by atoms with Crippen LogP contribution in [-0.4, -0.2) is 6.04 Å². The molecule has 1 nitrogen and oxygen atoms in total. The van der Waals surface area contributed by atoms with Gasteiger partial charge >= 0.3 is 0 Å². The number of halogens is 2. The Morgan fingerprint density at radius 3 is 3.00 bits per heavy atom. The average Bonchev–Trinajstić information content (AvgIpc) is 2.24. The van der Waals surface area contributed by atoms with Gasteiger partial charge in [-0.1, -0.05) is 27.6 Å². The highest BCUT2D eigenvalue weighted by molar-refractivity contribution is 9.10. The van der Waals surface area contributed by atoms with E-state index in [-0.39, 0.29) is 11.9 Å². The van der Waals surface area contributed by atoms with Crippen molar-refractivity contribution in [1.29, 1.82) is 0 Å². The van der Waals surface area contributed by atoms with Crippen molar-refractivity contribution in [2.45, 2.75) is 31.7 Å². The summed E-state index contributed by atoms with van der Waals surface area (Å²) in [5.74, 6) is -0.182. The van der Waals surface area contributed by atoms with Crippen LogP contribution in [0.5, 0.6) is 0 Å². The molecule has 0 heterocycles. The fourth-order valence-corrected chi connectivity index (χ4v) is 2.49. The van der Waals surface area contributed by atoms with Crippen molar-refractivity contribution < 1.29 is 4.39 Å². The molecule has 0 radical (unpaired) electrons. The van der Waals surface area contributed by atoms with Gasteiger partial charge in [0.15, 0.2) is 0 Å². The van der Waals surface area contributed by atoms with E-state index in [1.807, 2.05) is 0 Å². The highest BCUT2D eigenvalue weighted by Crippen LogP contribution is 2.25. The van der Waals surface area contributed by atoms with Crippen LogP contribution < -0.4 is 5.73 Å². The summed E-state index contributed by atoms with van der Waals surface area (Å²) in [6, 6.07) is 4.99. The molecule has 0 spiro atoms. The van der Waals surface area contributed by atoms with Crippen LogP contribution in [0.15, 0.2) is 34.3 Å². The topological polar surface area (TPSA) is 26.0 Å². The van der Waals surface area contributed by atoms with Crippen LogP contribution in [0.25, 0.3) is 0 Å². The second-order valence-electron chi connectivity index (χ2n) is 4.29. The van der Waals surface area contributed by atoms with Gasteiger partial charge in [-0.3, -0.25) is 0 Å². The number of rotatable bonds is 2. The fourth-order valence-electron chi connectivity index (χ4n) is 2.10. The zero-order valence-corrected chi connectivity index (χ0v) is 10.6. The summed E-state index contributed by atoms with van der Waals surface area (Å²) in [7, 11) is 0. The summed E-state index contributed by atoms with van der Waals surface area (Å²) in [6.45, 7) is 0. The molecule has 1 atom stereocenters. The van der Waals surface area contributed by atoms with Crippen LogP contribution in [0.2, 0.25) is 0 Å². The number of nitrogens with two attached hydrogens (primary N) is 1. The highest BCUT2D eigenvalue weighted by atomic mass is 79.9. The molecular formula is C13H15BrFN. The van der Waals surface area contributed by atoms with E-state index in [9.17, 15) is 4.39 Å². The fraction of sp³-hybridized carbons (Fsp3) is 0.385. The van der Waals surface area contributed by atoms with Gasteiger partial charge in [-0.2, -0.15) is 0 Å². The smallest absolute Gasteiger partial charge is 0.123 e. The van der Waals surface area contributed by atoms with Crippen LogP contribution >= 0.6 is 15.9 Å².